The summed E-state index contributed by atoms with van der Waals surface area (Å²) >= 11 is 0. The Morgan fingerprint density at radius 1 is 1.67 bits per heavy atom. The van der Waals surface area contributed by atoms with Crippen LogP contribution in [0.1, 0.15) is 0 Å². The number of ether oxygens (including phenoxy) is 1. The highest BCUT2D eigenvalue weighted by atomic mass is 32.9. The summed E-state index contributed by atoms with van der Waals surface area (Å²) < 4.78 is 28.7. The van der Waals surface area contributed by atoms with Gasteiger partial charge in [0.05, 0.1) is 28.5 Å². The summed E-state index contributed by atoms with van der Waals surface area (Å²) in [4.78, 5) is 10.8. The molecule has 1 atom stereocenters. The fraction of sp³-hybridized carbons (Fsp3) is 0.200. The molecule has 0 spiro atoms. The zero-order valence-electron chi connectivity index (χ0n) is 6.05. The SMILES string of the molecule is COC(=O)C1=CS(=S(=O)=O)N=C1. The molecule has 66 valence electrons. The lowest BCUT2D eigenvalue weighted by Crippen LogP contribution is -2.03. The van der Waals surface area contributed by atoms with Crippen LogP contribution in [0.25, 0.3) is 0 Å². The van der Waals surface area contributed by atoms with Crippen molar-refractivity contribution in [1.82, 2.24) is 0 Å². The first-order valence-electron chi connectivity index (χ1n) is 2.82. The van der Waals surface area contributed by atoms with E-state index in [0.29, 0.717) is 0 Å². The van der Waals surface area contributed by atoms with Gasteiger partial charge in [-0.25, -0.2) is 9.19 Å². The van der Waals surface area contributed by atoms with E-state index in [1.54, 1.807) is 0 Å². The molecule has 0 radical (unpaired) electrons. The molecule has 0 aromatic rings. The zero-order chi connectivity index (χ0) is 9.14. The summed E-state index contributed by atoms with van der Waals surface area (Å²) in [7, 11) is -2.27. The van der Waals surface area contributed by atoms with Gasteiger partial charge in [-0.3, -0.25) is 0 Å². The molecule has 1 heterocycles. The summed E-state index contributed by atoms with van der Waals surface area (Å²) in [6.07, 6.45) is 1.20. The van der Waals surface area contributed by atoms with Crippen LogP contribution in [-0.4, -0.2) is 27.7 Å². The molecule has 0 amide bonds. The summed E-state index contributed by atoms with van der Waals surface area (Å²) in [5.74, 6) is -0.570. The lowest BCUT2D eigenvalue weighted by atomic mass is 10.3. The molecule has 1 aliphatic rings. The molecule has 12 heavy (non-hydrogen) atoms. The van der Waals surface area contributed by atoms with Crippen LogP contribution in [0, 0.1) is 0 Å². The summed E-state index contributed by atoms with van der Waals surface area (Å²) in [6.45, 7) is 0. The second kappa shape index (κ2) is 3.63. The van der Waals surface area contributed by atoms with Crippen molar-refractivity contribution in [3.63, 3.8) is 0 Å². The van der Waals surface area contributed by atoms with E-state index >= 15 is 0 Å². The van der Waals surface area contributed by atoms with Crippen LogP contribution >= 0.6 is 0 Å². The van der Waals surface area contributed by atoms with E-state index in [4.69, 9.17) is 0 Å². The lowest BCUT2D eigenvalue weighted by Gasteiger charge is -1.91. The van der Waals surface area contributed by atoms with Crippen molar-refractivity contribution in [2.45, 2.75) is 0 Å². The highest BCUT2D eigenvalue weighted by Crippen LogP contribution is 2.06. The van der Waals surface area contributed by atoms with E-state index in [-0.39, 0.29) is 5.57 Å². The Hall–Kier alpha value is -0.950. The van der Waals surface area contributed by atoms with Gasteiger partial charge in [0.15, 0.2) is 0 Å². The standard InChI is InChI=1S/C5H5NO4S2/c1-10-5(7)4-2-6-11(3-4)12(8)9/h2-3H,1H3. The minimum Gasteiger partial charge on any atom is -0.465 e. The van der Waals surface area contributed by atoms with Crippen molar-refractivity contribution in [1.29, 1.82) is 0 Å². The van der Waals surface area contributed by atoms with E-state index in [2.05, 4.69) is 9.13 Å². The molecule has 0 aromatic heterocycles. The van der Waals surface area contributed by atoms with Gasteiger partial charge in [0.25, 0.3) is 9.26 Å². The molecule has 0 N–H and O–H groups in total. The van der Waals surface area contributed by atoms with E-state index in [1.165, 1.54) is 18.7 Å². The first-order valence-corrected chi connectivity index (χ1v) is 5.66. The fourth-order valence-electron chi connectivity index (χ4n) is 0.571. The number of hydrogen-bond acceptors (Lipinski definition) is 4. The normalized spacial score (nSPS) is 20.4. The van der Waals surface area contributed by atoms with E-state index in [1.807, 2.05) is 0 Å². The summed E-state index contributed by atoms with van der Waals surface area (Å²) in [5, 5.41) is 1.26. The van der Waals surface area contributed by atoms with Crippen molar-refractivity contribution in [3.8, 4) is 0 Å². The second-order valence-corrected chi connectivity index (χ2v) is 5.03. The van der Waals surface area contributed by atoms with Crippen LogP contribution in [0.4, 0.5) is 0 Å². The third-order valence-corrected chi connectivity index (χ3v) is 3.52. The molecule has 0 fully saturated rings. The van der Waals surface area contributed by atoms with Crippen LogP contribution < -0.4 is 0 Å². The number of nitrogens with zero attached hydrogens (tertiary/aromatic N) is 1. The zero-order valence-corrected chi connectivity index (χ0v) is 7.68. The molecule has 0 aliphatic carbocycles. The second-order valence-electron chi connectivity index (χ2n) is 1.78. The molecule has 5 nitrogen and oxygen atoms in total. The van der Waals surface area contributed by atoms with Crippen LogP contribution in [0.15, 0.2) is 15.4 Å². The van der Waals surface area contributed by atoms with E-state index < -0.39 is 24.9 Å². The molecular formula is C5H5NO4S2. The van der Waals surface area contributed by atoms with E-state index in [0.717, 1.165) is 0 Å². The number of carbonyl (C=O) groups is 1. The van der Waals surface area contributed by atoms with Gasteiger partial charge in [0.2, 0.25) is 0 Å². The van der Waals surface area contributed by atoms with Gasteiger partial charge in [-0.15, -0.1) is 0 Å². The van der Waals surface area contributed by atoms with Crippen LogP contribution in [0.2, 0.25) is 0 Å². The average Bonchev–Trinajstić information content (AvgIpc) is 2.51. The highest BCUT2D eigenvalue weighted by Gasteiger charge is 2.13. The van der Waals surface area contributed by atoms with Crippen LogP contribution in [-0.2, 0) is 28.4 Å². The highest BCUT2D eigenvalue weighted by molar-refractivity contribution is 8.34. The van der Waals surface area contributed by atoms with Crippen molar-refractivity contribution >= 4 is 31.1 Å². The van der Waals surface area contributed by atoms with Crippen LogP contribution in [0.5, 0.6) is 0 Å². The monoisotopic (exact) mass is 207 g/mol. The largest absolute Gasteiger partial charge is 0.465 e. The van der Waals surface area contributed by atoms with Crippen LogP contribution in [0.3, 0.4) is 0 Å². The van der Waals surface area contributed by atoms with Crippen molar-refractivity contribution in [2.24, 2.45) is 4.40 Å². The molecule has 1 rings (SSSR count). The summed E-state index contributed by atoms with van der Waals surface area (Å²) in [6, 6.07) is 0. The Kier molecular flexibility index (Phi) is 2.77. The van der Waals surface area contributed by atoms with Gasteiger partial charge in [0, 0.05) is 5.41 Å². The average molecular weight is 207 g/mol. The number of rotatable bonds is 1. The molecule has 7 heteroatoms. The number of hydrogen-bond donors (Lipinski definition) is 0. The maximum absolute atomic E-state index is 10.8. The number of carbonyl (C=O) groups excluding carboxylic acids is 1. The molecule has 1 aliphatic heterocycles. The minimum absolute atomic E-state index is 0.185. The predicted octanol–water partition coefficient (Wildman–Crippen LogP) is -0.545. The summed E-state index contributed by atoms with van der Waals surface area (Å²) in [5.41, 5.74) is 0.185. The minimum atomic E-state index is -2.28. The molecule has 1 unspecified atom stereocenters. The topological polar surface area (TPSA) is 72.8 Å². The molecule has 0 saturated heterocycles. The van der Waals surface area contributed by atoms with E-state index in [9.17, 15) is 13.2 Å². The molecule has 0 aromatic carbocycles. The Bertz CT molecular complexity index is 395. The lowest BCUT2D eigenvalue weighted by molar-refractivity contribution is -0.135. The third-order valence-electron chi connectivity index (χ3n) is 1.08. The van der Waals surface area contributed by atoms with Gasteiger partial charge in [-0.05, 0) is 0 Å². The Balaban J connectivity index is 3.05. The predicted molar refractivity (Wildman–Crippen MR) is 44.9 cm³/mol. The molecule has 0 bridgehead atoms. The fourth-order valence-corrected chi connectivity index (χ4v) is 2.26. The van der Waals surface area contributed by atoms with Crippen molar-refractivity contribution in [2.75, 3.05) is 7.11 Å². The Morgan fingerprint density at radius 3 is 2.75 bits per heavy atom. The van der Waals surface area contributed by atoms with Gasteiger partial charge in [-0.2, -0.15) is 8.42 Å². The van der Waals surface area contributed by atoms with Gasteiger partial charge >= 0.3 is 5.97 Å². The van der Waals surface area contributed by atoms with Crippen molar-refractivity contribution in [3.05, 3.63) is 11.0 Å². The first kappa shape index (κ1) is 9.14. The van der Waals surface area contributed by atoms with Gasteiger partial charge in [-0.1, -0.05) is 0 Å². The third kappa shape index (κ3) is 1.80. The molecular weight excluding hydrogens is 202 g/mol. The number of esters is 1. The molecule has 0 saturated carbocycles. The maximum atomic E-state index is 10.8. The first-order chi connectivity index (χ1) is 5.65. The Labute approximate surface area is 72.0 Å². The smallest absolute Gasteiger partial charge is 0.340 e. The maximum Gasteiger partial charge on any atom is 0.340 e. The Morgan fingerprint density at radius 2 is 2.33 bits per heavy atom. The van der Waals surface area contributed by atoms with Gasteiger partial charge < -0.3 is 4.74 Å². The van der Waals surface area contributed by atoms with Crippen molar-refractivity contribution < 1.29 is 17.9 Å². The quantitative estimate of drug-likeness (QED) is 0.541. The van der Waals surface area contributed by atoms with Gasteiger partial charge in [0.1, 0.15) is 0 Å². The number of methoxy groups -OCH3 is 1.